The van der Waals surface area contributed by atoms with E-state index in [2.05, 4.69) is 31.4 Å². The van der Waals surface area contributed by atoms with Gasteiger partial charge in [0, 0.05) is 30.9 Å². The summed E-state index contributed by atoms with van der Waals surface area (Å²) in [5.41, 5.74) is 0.113. The van der Waals surface area contributed by atoms with E-state index in [9.17, 15) is 8.42 Å². The van der Waals surface area contributed by atoms with Crippen LogP contribution in [0.4, 0.5) is 0 Å². The Bertz CT molecular complexity index is 268. The maximum absolute atomic E-state index is 11.0. The minimum atomic E-state index is -2.87. The third kappa shape index (κ3) is 11.8. The first-order valence-corrected chi connectivity index (χ1v) is 7.32. The van der Waals surface area contributed by atoms with Crippen LogP contribution >= 0.6 is 0 Å². The number of sulfone groups is 1. The largest absolute Gasteiger partial charge is 0.312 e. The van der Waals surface area contributed by atoms with Crippen molar-refractivity contribution >= 4 is 9.84 Å². The van der Waals surface area contributed by atoms with E-state index in [0.29, 0.717) is 0 Å². The van der Waals surface area contributed by atoms with Crippen molar-refractivity contribution in [3.63, 3.8) is 0 Å². The molecule has 0 bridgehead atoms. The maximum Gasteiger partial charge on any atom is 0.148 e. The van der Waals surface area contributed by atoms with Gasteiger partial charge in [-0.25, -0.2) is 8.42 Å². The van der Waals surface area contributed by atoms with Gasteiger partial charge in [0.1, 0.15) is 9.84 Å². The summed E-state index contributed by atoms with van der Waals surface area (Å²) in [7, 11) is -2.87. The van der Waals surface area contributed by atoms with Crippen molar-refractivity contribution in [2.75, 3.05) is 25.1 Å². The topological polar surface area (TPSA) is 58.2 Å². The molecule has 1 unspecified atom stereocenters. The quantitative estimate of drug-likeness (QED) is 0.655. The van der Waals surface area contributed by atoms with Crippen molar-refractivity contribution in [1.82, 2.24) is 10.6 Å². The summed E-state index contributed by atoms with van der Waals surface area (Å²) in [6, 6.07) is 0.0155. The molecule has 0 aromatic heterocycles. The SMILES string of the molecule is CC(CS(C)(=O)=O)NCCNC(C)(C)C. The van der Waals surface area contributed by atoms with Gasteiger partial charge in [-0.1, -0.05) is 0 Å². The normalized spacial score (nSPS) is 15.3. The van der Waals surface area contributed by atoms with E-state index < -0.39 is 9.84 Å². The van der Waals surface area contributed by atoms with Crippen molar-refractivity contribution in [2.45, 2.75) is 39.3 Å². The fourth-order valence-corrected chi connectivity index (χ4v) is 2.30. The fraction of sp³-hybridized carbons (Fsp3) is 1.00. The van der Waals surface area contributed by atoms with Gasteiger partial charge in [-0.2, -0.15) is 0 Å². The molecule has 0 amide bonds. The third-order valence-electron chi connectivity index (χ3n) is 1.83. The van der Waals surface area contributed by atoms with Crippen LogP contribution < -0.4 is 10.6 Å². The van der Waals surface area contributed by atoms with Crippen LogP contribution in [-0.2, 0) is 9.84 Å². The number of hydrogen-bond donors (Lipinski definition) is 2. The van der Waals surface area contributed by atoms with Gasteiger partial charge in [0.25, 0.3) is 0 Å². The number of hydrogen-bond acceptors (Lipinski definition) is 4. The molecular formula is C10H24N2O2S. The van der Waals surface area contributed by atoms with Gasteiger partial charge in [0.05, 0.1) is 5.75 Å². The molecule has 0 aliphatic carbocycles. The molecule has 0 radical (unpaired) electrons. The molecule has 0 aliphatic heterocycles. The van der Waals surface area contributed by atoms with Gasteiger partial charge in [0.15, 0.2) is 0 Å². The number of rotatable bonds is 6. The molecule has 0 aromatic carbocycles. The Morgan fingerprint density at radius 1 is 1.20 bits per heavy atom. The molecule has 0 aliphatic rings. The van der Waals surface area contributed by atoms with Crippen molar-refractivity contribution < 1.29 is 8.42 Å². The highest BCUT2D eigenvalue weighted by atomic mass is 32.2. The average Bonchev–Trinajstić information content (AvgIpc) is 1.92. The molecule has 1 atom stereocenters. The lowest BCUT2D eigenvalue weighted by Crippen LogP contribution is -2.43. The smallest absolute Gasteiger partial charge is 0.148 e. The average molecular weight is 236 g/mol. The molecule has 0 aromatic rings. The van der Waals surface area contributed by atoms with Crippen LogP contribution in [0.1, 0.15) is 27.7 Å². The fourth-order valence-electron chi connectivity index (χ4n) is 1.27. The summed E-state index contributed by atoms with van der Waals surface area (Å²) in [4.78, 5) is 0. The van der Waals surface area contributed by atoms with E-state index in [0.717, 1.165) is 13.1 Å². The molecule has 4 nitrogen and oxygen atoms in total. The van der Waals surface area contributed by atoms with E-state index in [-0.39, 0.29) is 17.3 Å². The van der Waals surface area contributed by atoms with Crippen LogP contribution in [-0.4, -0.2) is 45.1 Å². The summed E-state index contributed by atoms with van der Waals surface area (Å²) in [5, 5.41) is 6.50. The van der Waals surface area contributed by atoms with E-state index >= 15 is 0 Å². The van der Waals surface area contributed by atoms with Crippen LogP contribution in [0.5, 0.6) is 0 Å². The first-order valence-electron chi connectivity index (χ1n) is 5.26. The highest BCUT2D eigenvalue weighted by molar-refractivity contribution is 7.90. The zero-order valence-electron chi connectivity index (χ0n) is 10.4. The Labute approximate surface area is 93.7 Å². The monoisotopic (exact) mass is 236 g/mol. The van der Waals surface area contributed by atoms with Gasteiger partial charge in [-0.15, -0.1) is 0 Å². The second-order valence-electron chi connectivity index (χ2n) is 5.12. The highest BCUT2D eigenvalue weighted by Gasteiger charge is 2.10. The minimum Gasteiger partial charge on any atom is -0.312 e. The molecular weight excluding hydrogens is 212 g/mol. The van der Waals surface area contributed by atoms with E-state index in [1.807, 2.05) is 6.92 Å². The van der Waals surface area contributed by atoms with Crippen molar-refractivity contribution in [3.05, 3.63) is 0 Å². The van der Waals surface area contributed by atoms with E-state index in [1.165, 1.54) is 6.26 Å². The molecule has 2 N–H and O–H groups in total. The second kappa shape index (κ2) is 5.82. The first kappa shape index (κ1) is 14.9. The highest BCUT2D eigenvalue weighted by Crippen LogP contribution is 1.96. The van der Waals surface area contributed by atoms with Gasteiger partial charge >= 0.3 is 0 Å². The number of nitrogens with one attached hydrogen (secondary N) is 2. The summed E-state index contributed by atoms with van der Waals surface area (Å²) >= 11 is 0. The molecule has 15 heavy (non-hydrogen) atoms. The Hall–Kier alpha value is -0.130. The zero-order valence-corrected chi connectivity index (χ0v) is 11.2. The lowest BCUT2D eigenvalue weighted by molar-refractivity contribution is 0.415. The van der Waals surface area contributed by atoms with E-state index in [4.69, 9.17) is 0 Å². The summed E-state index contributed by atoms with van der Waals surface area (Å²) < 4.78 is 22.0. The Balaban J connectivity index is 3.61. The Morgan fingerprint density at radius 3 is 2.13 bits per heavy atom. The summed E-state index contributed by atoms with van der Waals surface area (Å²) in [5.74, 6) is 0.197. The molecule has 5 heteroatoms. The molecule has 92 valence electrons. The first-order chi connectivity index (χ1) is 6.60. The molecule has 0 fully saturated rings. The van der Waals surface area contributed by atoms with Gasteiger partial charge in [-0.3, -0.25) is 0 Å². The second-order valence-corrected chi connectivity index (χ2v) is 7.31. The molecule has 0 rings (SSSR count). The molecule has 0 saturated heterocycles. The predicted octanol–water partition coefficient (Wildman–Crippen LogP) is 0.397. The van der Waals surface area contributed by atoms with Gasteiger partial charge < -0.3 is 10.6 Å². The van der Waals surface area contributed by atoms with Crippen LogP contribution in [0, 0.1) is 0 Å². The van der Waals surface area contributed by atoms with Gasteiger partial charge in [0.2, 0.25) is 0 Å². The lowest BCUT2D eigenvalue weighted by atomic mass is 10.1. The zero-order chi connectivity index (χ0) is 12.1. The van der Waals surface area contributed by atoms with Gasteiger partial charge in [-0.05, 0) is 27.7 Å². The molecule has 0 spiro atoms. The lowest BCUT2D eigenvalue weighted by Gasteiger charge is -2.21. The van der Waals surface area contributed by atoms with Crippen LogP contribution in [0.2, 0.25) is 0 Å². The van der Waals surface area contributed by atoms with Crippen molar-refractivity contribution in [2.24, 2.45) is 0 Å². The molecule has 0 heterocycles. The van der Waals surface area contributed by atoms with Crippen molar-refractivity contribution in [3.8, 4) is 0 Å². The Kier molecular flexibility index (Phi) is 5.77. The minimum absolute atomic E-state index is 0.0155. The van der Waals surface area contributed by atoms with Crippen LogP contribution in [0.15, 0.2) is 0 Å². The predicted molar refractivity (Wildman–Crippen MR) is 64.9 cm³/mol. The molecule has 0 saturated carbocycles. The van der Waals surface area contributed by atoms with Crippen LogP contribution in [0.25, 0.3) is 0 Å². The maximum atomic E-state index is 11.0. The van der Waals surface area contributed by atoms with Crippen LogP contribution in [0.3, 0.4) is 0 Å². The standard InChI is InChI=1S/C10H24N2O2S/c1-9(8-15(5,13)14)11-6-7-12-10(2,3)4/h9,11-12H,6-8H2,1-5H3. The van der Waals surface area contributed by atoms with Crippen molar-refractivity contribution in [1.29, 1.82) is 0 Å². The van der Waals surface area contributed by atoms with E-state index in [1.54, 1.807) is 0 Å². The third-order valence-corrected chi connectivity index (χ3v) is 2.93. The summed E-state index contributed by atoms with van der Waals surface area (Å²) in [6.07, 6.45) is 1.26. The summed E-state index contributed by atoms with van der Waals surface area (Å²) in [6.45, 7) is 9.83. The Morgan fingerprint density at radius 2 is 1.73 bits per heavy atom.